The Labute approximate surface area is 283 Å². The van der Waals surface area contributed by atoms with Gasteiger partial charge in [0, 0.05) is 11.1 Å². The van der Waals surface area contributed by atoms with E-state index in [4.69, 9.17) is 6.57 Å². The molecular formula is C47H28N2. The second-order valence-electron chi connectivity index (χ2n) is 12.8. The summed E-state index contributed by atoms with van der Waals surface area (Å²) >= 11 is 0. The smallest absolute Gasteiger partial charge is 0.188 e. The summed E-state index contributed by atoms with van der Waals surface area (Å²) in [6.07, 6.45) is 0. The summed E-state index contributed by atoms with van der Waals surface area (Å²) in [6, 6.07) is 61.1. The van der Waals surface area contributed by atoms with Gasteiger partial charge in [0.1, 0.15) is 0 Å². The zero-order chi connectivity index (χ0) is 32.5. The molecule has 2 nitrogen and oxygen atoms in total. The fourth-order valence-corrected chi connectivity index (χ4v) is 7.90. The van der Waals surface area contributed by atoms with E-state index < -0.39 is 0 Å². The molecule has 0 aliphatic carbocycles. The third-order valence-corrected chi connectivity index (χ3v) is 10.1. The molecule has 0 saturated carbocycles. The number of para-hydroxylation sites is 1. The SMILES string of the molecule is [C-]#[N+]c1ccc2c(c1)c1cc(-c3cccc(-c4ccc5ccc6c(-c7ccccc7)ccc7ccc4c5c76)c3)ccc1n2-c1ccccc1. The highest BCUT2D eigenvalue weighted by Crippen LogP contribution is 2.43. The van der Waals surface area contributed by atoms with Crippen molar-refractivity contribution in [1.82, 2.24) is 4.57 Å². The Morgan fingerprint density at radius 2 is 0.939 bits per heavy atom. The molecular weight excluding hydrogens is 593 g/mol. The highest BCUT2D eigenvalue weighted by molar-refractivity contribution is 6.27. The summed E-state index contributed by atoms with van der Waals surface area (Å²) in [5.74, 6) is 0. The fraction of sp³-hybridized carbons (Fsp3) is 0. The average molecular weight is 621 g/mol. The van der Waals surface area contributed by atoms with Gasteiger partial charge in [-0.05, 0) is 114 Å². The average Bonchev–Trinajstić information content (AvgIpc) is 3.50. The molecule has 226 valence electrons. The molecule has 1 aromatic heterocycles. The number of benzene rings is 9. The Morgan fingerprint density at radius 3 is 1.63 bits per heavy atom. The molecule has 0 N–H and O–H groups in total. The van der Waals surface area contributed by atoms with E-state index in [1.807, 2.05) is 18.2 Å². The van der Waals surface area contributed by atoms with Gasteiger partial charge in [-0.2, -0.15) is 0 Å². The number of aromatic nitrogens is 1. The van der Waals surface area contributed by atoms with E-state index in [0.717, 1.165) is 33.1 Å². The summed E-state index contributed by atoms with van der Waals surface area (Å²) in [5, 5.41) is 9.97. The summed E-state index contributed by atoms with van der Waals surface area (Å²) < 4.78 is 2.30. The standard InChI is InChI=1S/C47H28N2/c1-48-36-20-26-45-43(29-36)42-28-34(19-25-44(42)49(45)37-13-6-3-7-14-37)33-11-8-12-35(27-33)39-22-16-32-17-23-40-38(30-9-4-2-5-10-30)21-15-31-18-24-41(39)47(32)46(31)40/h2-29H. The maximum atomic E-state index is 7.67. The quantitative estimate of drug-likeness (QED) is 0.137. The van der Waals surface area contributed by atoms with E-state index in [0.29, 0.717) is 5.69 Å². The topological polar surface area (TPSA) is 9.29 Å². The van der Waals surface area contributed by atoms with Gasteiger partial charge in [-0.3, -0.25) is 0 Å². The minimum atomic E-state index is 0.650. The van der Waals surface area contributed by atoms with Gasteiger partial charge in [0.15, 0.2) is 5.69 Å². The molecule has 0 spiro atoms. The van der Waals surface area contributed by atoms with Crippen LogP contribution in [0.5, 0.6) is 0 Å². The van der Waals surface area contributed by atoms with Crippen LogP contribution in [0.2, 0.25) is 0 Å². The predicted octanol–water partition coefficient (Wildman–Crippen LogP) is 13.2. The Balaban J connectivity index is 1.15. The van der Waals surface area contributed by atoms with Gasteiger partial charge >= 0.3 is 0 Å². The largest absolute Gasteiger partial charge is 0.309 e. The molecule has 0 saturated heterocycles. The first-order valence-corrected chi connectivity index (χ1v) is 16.6. The van der Waals surface area contributed by atoms with E-state index in [9.17, 15) is 0 Å². The first-order chi connectivity index (χ1) is 24.2. The Bertz CT molecular complexity index is 2930. The molecule has 10 aromatic rings. The molecule has 2 heteroatoms. The molecule has 9 aromatic carbocycles. The number of hydrogen-bond donors (Lipinski definition) is 0. The summed E-state index contributed by atoms with van der Waals surface area (Å²) in [4.78, 5) is 3.75. The van der Waals surface area contributed by atoms with Crippen LogP contribution in [0.25, 0.3) is 98.0 Å². The van der Waals surface area contributed by atoms with Crippen molar-refractivity contribution in [2.45, 2.75) is 0 Å². The Morgan fingerprint density at radius 1 is 0.388 bits per heavy atom. The van der Waals surface area contributed by atoms with Crippen molar-refractivity contribution in [3.63, 3.8) is 0 Å². The molecule has 0 bridgehead atoms. The molecule has 0 amide bonds. The predicted molar refractivity (Wildman–Crippen MR) is 207 cm³/mol. The molecule has 0 fully saturated rings. The van der Waals surface area contributed by atoms with Crippen molar-refractivity contribution in [3.05, 3.63) is 181 Å². The lowest BCUT2D eigenvalue weighted by atomic mass is 9.87. The van der Waals surface area contributed by atoms with Gasteiger partial charge in [0.2, 0.25) is 0 Å². The lowest BCUT2D eigenvalue weighted by Crippen LogP contribution is -1.92. The van der Waals surface area contributed by atoms with Crippen LogP contribution in [0.15, 0.2) is 170 Å². The monoisotopic (exact) mass is 620 g/mol. The van der Waals surface area contributed by atoms with Crippen molar-refractivity contribution in [2.24, 2.45) is 0 Å². The van der Waals surface area contributed by atoms with E-state index in [-0.39, 0.29) is 0 Å². The van der Waals surface area contributed by atoms with Crippen molar-refractivity contribution >= 4 is 59.8 Å². The van der Waals surface area contributed by atoms with Crippen molar-refractivity contribution < 1.29 is 0 Å². The first-order valence-electron chi connectivity index (χ1n) is 16.6. The number of rotatable bonds is 4. The second-order valence-corrected chi connectivity index (χ2v) is 12.8. The summed E-state index contributed by atoms with van der Waals surface area (Å²) in [7, 11) is 0. The minimum absolute atomic E-state index is 0.650. The number of fused-ring (bicyclic) bond motifs is 3. The van der Waals surface area contributed by atoms with Gasteiger partial charge < -0.3 is 4.57 Å². The lowest BCUT2D eigenvalue weighted by Gasteiger charge is -2.17. The summed E-state index contributed by atoms with van der Waals surface area (Å²) in [5.41, 5.74) is 11.2. The zero-order valence-corrected chi connectivity index (χ0v) is 26.6. The molecule has 10 rings (SSSR count). The maximum absolute atomic E-state index is 7.67. The highest BCUT2D eigenvalue weighted by Gasteiger charge is 2.17. The minimum Gasteiger partial charge on any atom is -0.309 e. The van der Waals surface area contributed by atoms with E-state index >= 15 is 0 Å². The van der Waals surface area contributed by atoms with Crippen LogP contribution in [0.4, 0.5) is 5.69 Å². The van der Waals surface area contributed by atoms with Crippen LogP contribution in [-0.4, -0.2) is 4.57 Å². The molecule has 0 unspecified atom stereocenters. The van der Waals surface area contributed by atoms with Gasteiger partial charge in [0.25, 0.3) is 0 Å². The third-order valence-electron chi connectivity index (χ3n) is 10.1. The van der Waals surface area contributed by atoms with Crippen LogP contribution in [0, 0.1) is 6.57 Å². The fourth-order valence-electron chi connectivity index (χ4n) is 7.90. The molecule has 1 heterocycles. The normalized spacial score (nSPS) is 11.7. The van der Waals surface area contributed by atoms with Crippen LogP contribution in [-0.2, 0) is 0 Å². The lowest BCUT2D eigenvalue weighted by molar-refractivity contribution is 1.18. The zero-order valence-electron chi connectivity index (χ0n) is 26.6. The number of nitrogens with zero attached hydrogens (tertiary/aromatic N) is 2. The van der Waals surface area contributed by atoms with Crippen LogP contribution in [0.1, 0.15) is 0 Å². The van der Waals surface area contributed by atoms with Crippen molar-refractivity contribution in [2.75, 3.05) is 0 Å². The second kappa shape index (κ2) is 10.7. The molecule has 0 atom stereocenters. The van der Waals surface area contributed by atoms with Gasteiger partial charge in [0.05, 0.1) is 17.6 Å². The van der Waals surface area contributed by atoms with Crippen LogP contribution < -0.4 is 0 Å². The molecule has 0 radical (unpaired) electrons. The van der Waals surface area contributed by atoms with E-state index in [1.54, 1.807) is 0 Å². The Kier molecular flexibility index (Phi) is 5.97. The van der Waals surface area contributed by atoms with E-state index in [1.165, 1.54) is 60.1 Å². The maximum Gasteiger partial charge on any atom is 0.188 e. The van der Waals surface area contributed by atoms with Gasteiger partial charge in [-0.25, -0.2) is 4.85 Å². The van der Waals surface area contributed by atoms with Gasteiger partial charge in [-0.15, -0.1) is 0 Å². The van der Waals surface area contributed by atoms with E-state index in [2.05, 4.69) is 161 Å². The summed E-state index contributed by atoms with van der Waals surface area (Å²) in [6.45, 7) is 7.67. The van der Waals surface area contributed by atoms with Crippen LogP contribution >= 0.6 is 0 Å². The van der Waals surface area contributed by atoms with Crippen molar-refractivity contribution in [1.29, 1.82) is 0 Å². The Hall–Kier alpha value is -6.69. The van der Waals surface area contributed by atoms with Gasteiger partial charge in [-0.1, -0.05) is 127 Å². The number of hydrogen-bond acceptors (Lipinski definition) is 0. The third kappa shape index (κ3) is 4.20. The molecule has 0 aliphatic rings. The highest BCUT2D eigenvalue weighted by atomic mass is 15.0. The first kappa shape index (κ1) is 27.4. The molecule has 0 aliphatic heterocycles. The molecule has 49 heavy (non-hydrogen) atoms. The van der Waals surface area contributed by atoms with Crippen molar-refractivity contribution in [3.8, 4) is 39.1 Å². The van der Waals surface area contributed by atoms with Crippen LogP contribution in [0.3, 0.4) is 0 Å².